The van der Waals surface area contributed by atoms with Gasteiger partial charge < -0.3 is 29.6 Å². The van der Waals surface area contributed by atoms with Gasteiger partial charge in [-0.15, -0.1) is 0 Å². The van der Waals surface area contributed by atoms with Crippen LogP contribution in [0.2, 0.25) is 0 Å². The van der Waals surface area contributed by atoms with Gasteiger partial charge in [0.25, 0.3) is 0 Å². The Hall–Kier alpha value is -3.68. The number of carbonyl (C=O) groups excluding carboxylic acids is 2. The summed E-state index contributed by atoms with van der Waals surface area (Å²) in [6, 6.07) is 12.1. The second-order valence-electron chi connectivity index (χ2n) is 7.78. The molecule has 1 heterocycles. The fraction of sp³-hybridized carbons (Fsp3) is 0.385. The summed E-state index contributed by atoms with van der Waals surface area (Å²) in [7, 11) is 3.06. The van der Waals surface area contributed by atoms with Crippen molar-refractivity contribution in [2.45, 2.75) is 45.8 Å². The fourth-order valence-corrected chi connectivity index (χ4v) is 3.81. The number of urea groups is 1. The first-order valence-electron chi connectivity index (χ1n) is 11.4. The molecule has 8 nitrogen and oxygen atoms in total. The maximum atomic E-state index is 12.9. The van der Waals surface area contributed by atoms with E-state index in [9.17, 15) is 9.59 Å². The molecule has 2 N–H and O–H groups in total. The average Bonchev–Trinajstić information content (AvgIpc) is 2.85. The van der Waals surface area contributed by atoms with Crippen molar-refractivity contribution in [3.8, 4) is 17.2 Å². The molecule has 0 bridgehead atoms. The van der Waals surface area contributed by atoms with Gasteiger partial charge in [-0.25, -0.2) is 9.59 Å². The number of hydrogen-bond donors (Lipinski definition) is 2. The van der Waals surface area contributed by atoms with E-state index in [0.717, 1.165) is 18.4 Å². The van der Waals surface area contributed by atoms with E-state index in [4.69, 9.17) is 18.9 Å². The zero-order chi connectivity index (χ0) is 24.5. The lowest BCUT2D eigenvalue weighted by atomic mass is 9.93. The third-order valence-corrected chi connectivity index (χ3v) is 5.47. The molecule has 2 amide bonds. The molecule has 1 unspecified atom stereocenters. The molecule has 0 fully saturated rings. The van der Waals surface area contributed by atoms with Crippen LogP contribution in [0.5, 0.6) is 17.2 Å². The van der Waals surface area contributed by atoms with Gasteiger partial charge in [0.05, 0.1) is 32.4 Å². The van der Waals surface area contributed by atoms with Gasteiger partial charge in [0.15, 0.2) is 11.5 Å². The molecule has 0 aromatic heterocycles. The summed E-state index contributed by atoms with van der Waals surface area (Å²) in [4.78, 5) is 25.4. The largest absolute Gasteiger partial charge is 0.493 e. The molecule has 182 valence electrons. The van der Waals surface area contributed by atoms with Crippen molar-refractivity contribution in [3.05, 3.63) is 64.9 Å². The minimum atomic E-state index is -0.731. The summed E-state index contributed by atoms with van der Waals surface area (Å²) in [6.45, 7) is 4.35. The summed E-state index contributed by atoms with van der Waals surface area (Å²) < 4.78 is 22.6. The van der Waals surface area contributed by atoms with E-state index in [0.29, 0.717) is 47.1 Å². The third kappa shape index (κ3) is 5.81. The highest BCUT2D eigenvalue weighted by atomic mass is 16.5. The second kappa shape index (κ2) is 12.0. The molecule has 0 spiro atoms. The number of unbranched alkanes of at least 4 members (excludes halogenated alkanes) is 1. The Kier molecular flexibility index (Phi) is 8.79. The van der Waals surface area contributed by atoms with Crippen molar-refractivity contribution in [1.82, 2.24) is 10.6 Å². The topological polar surface area (TPSA) is 95.1 Å². The van der Waals surface area contributed by atoms with Gasteiger partial charge >= 0.3 is 12.0 Å². The predicted octanol–water partition coefficient (Wildman–Crippen LogP) is 4.64. The van der Waals surface area contributed by atoms with Gasteiger partial charge in [0, 0.05) is 5.70 Å². The monoisotopic (exact) mass is 468 g/mol. The van der Waals surface area contributed by atoms with E-state index in [1.807, 2.05) is 30.3 Å². The first-order valence-corrected chi connectivity index (χ1v) is 11.4. The van der Waals surface area contributed by atoms with Crippen molar-refractivity contribution >= 4 is 12.0 Å². The van der Waals surface area contributed by atoms with E-state index in [-0.39, 0.29) is 12.6 Å². The van der Waals surface area contributed by atoms with Gasteiger partial charge in [-0.1, -0.05) is 43.7 Å². The minimum Gasteiger partial charge on any atom is -0.493 e. The zero-order valence-corrected chi connectivity index (χ0v) is 20.1. The molecule has 8 heteroatoms. The van der Waals surface area contributed by atoms with Gasteiger partial charge in [0.1, 0.15) is 6.61 Å². The molecule has 0 saturated carbocycles. The number of ether oxygens (including phenoxy) is 4. The Morgan fingerprint density at radius 3 is 2.29 bits per heavy atom. The van der Waals surface area contributed by atoms with Gasteiger partial charge in [-0.3, -0.25) is 0 Å². The maximum Gasteiger partial charge on any atom is 0.338 e. The number of rotatable bonds is 11. The van der Waals surface area contributed by atoms with E-state index >= 15 is 0 Å². The number of carbonyl (C=O) groups is 2. The molecule has 0 aliphatic carbocycles. The molecule has 3 rings (SSSR count). The highest BCUT2D eigenvalue weighted by Crippen LogP contribution is 2.42. The van der Waals surface area contributed by atoms with Crippen LogP contribution in [0.3, 0.4) is 0 Å². The van der Waals surface area contributed by atoms with Crippen LogP contribution in [0.4, 0.5) is 4.79 Å². The second-order valence-corrected chi connectivity index (χ2v) is 7.78. The van der Waals surface area contributed by atoms with Gasteiger partial charge in [-0.05, 0) is 43.0 Å². The highest BCUT2D eigenvalue weighted by Gasteiger charge is 2.34. The Bertz CT molecular complexity index is 1010. The summed E-state index contributed by atoms with van der Waals surface area (Å²) in [5.41, 5.74) is 2.55. The van der Waals surface area contributed by atoms with Crippen LogP contribution >= 0.6 is 0 Å². The molecule has 34 heavy (non-hydrogen) atoms. The third-order valence-electron chi connectivity index (χ3n) is 5.47. The Balaban J connectivity index is 2.03. The van der Waals surface area contributed by atoms with Crippen molar-refractivity contribution < 1.29 is 28.5 Å². The van der Waals surface area contributed by atoms with E-state index in [1.54, 1.807) is 19.1 Å². The van der Waals surface area contributed by atoms with Crippen LogP contribution in [0.1, 0.15) is 50.3 Å². The number of nitrogens with one attached hydrogen (secondary N) is 2. The normalized spacial score (nSPS) is 15.3. The zero-order valence-electron chi connectivity index (χ0n) is 20.1. The first kappa shape index (κ1) is 25.0. The maximum absolute atomic E-state index is 12.9. The molecule has 0 radical (unpaired) electrons. The summed E-state index contributed by atoms with van der Waals surface area (Å²) in [5.74, 6) is 0.812. The standard InChI is InChI=1S/C26H32N2O6/c1-5-7-13-19-22(25(29)33-6-2)23(28-26(30)27-19)18-14-20(31-3)24(21(15-18)32-4)34-16-17-11-9-8-10-12-17/h8-12,14-15,23H,5-7,13,16H2,1-4H3,(H2,27,28,30). The summed E-state index contributed by atoms with van der Waals surface area (Å²) in [6.07, 6.45) is 2.30. The SMILES string of the molecule is CCCCC1=C(C(=O)OCC)C(c2cc(OC)c(OCc3ccccc3)c(OC)c2)NC(=O)N1. The molecule has 2 aromatic carbocycles. The average molecular weight is 469 g/mol. The van der Waals surface area contributed by atoms with E-state index < -0.39 is 12.0 Å². The smallest absolute Gasteiger partial charge is 0.338 e. The number of benzene rings is 2. The van der Waals surface area contributed by atoms with E-state index in [1.165, 1.54) is 14.2 Å². The van der Waals surface area contributed by atoms with Crippen molar-refractivity contribution in [2.24, 2.45) is 0 Å². The van der Waals surface area contributed by atoms with Crippen molar-refractivity contribution in [2.75, 3.05) is 20.8 Å². The quantitative estimate of drug-likeness (QED) is 0.467. The molecular formula is C26H32N2O6. The van der Waals surface area contributed by atoms with Crippen molar-refractivity contribution in [3.63, 3.8) is 0 Å². The highest BCUT2D eigenvalue weighted by molar-refractivity contribution is 5.95. The van der Waals surface area contributed by atoms with Crippen LogP contribution in [-0.4, -0.2) is 32.8 Å². The Morgan fingerprint density at radius 1 is 1.03 bits per heavy atom. The van der Waals surface area contributed by atoms with E-state index in [2.05, 4.69) is 17.6 Å². The first-order chi connectivity index (χ1) is 16.5. The van der Waals surface area contributed by atoms with Crippen molar-refractivity contribution in [1.29, 1.82) is 0 Å². The molecule has 1 atom stereocenters. The molecule has 2 aromatic rings. The molecule has 1 aliphatic rings. The van der Waals surface area contributed by atoms with Gasteiger partial charge in [-0.2, -0.15) is 0 Å². The van der Waals surface area contributed by atoms with Crippen LogP contribution in [-0.2, 0) is 16.1 Å². The number of amides is 2. The minimum absolute atomic E-state index is 0.225. The van der Waals surface area contributed by atoms with Crippen LogP contribution in [0.25, 0.3) is 0 Å². The van der Waals surface area contributed by atoms with Gasteiger partial charge in [0.2, 0.25) is 5.75 Å². The van der Waals surface area contributed by atoms with Crippen LogP contribution < -0.4 is 24.8 Å². The number of allylic oxidation sites excluding steroid dienone is 1. The molecule has 0 saturated heterocycles. The molecular weight excluding hydrogens is 436 g/mol. The fourth-order valence-electron chi connectivity index (χ4n) is 3.81. The summed E-state index contributed by atoms with van der Waals surface area (Å²) in [5, 5.41) is 5.64. The predicted molar refractivity (Wildman–Crippen MR) is 128 cm³/mol. The van der Waals surface area contributed by atoms with Crippen LogP contribution in [0.15, 0.2) is 53.7 Å². The lowest BCUT2D eigenvalue weighted by Gasteiger charge is -2.30. The Morgan fingerprint density at radius 2 is 1.71 bits per heavy atom. The van der Waals surface area contributed by atoms with Crippen LogP contribution in [0, 0.1) is 0 Å². The number of esters is 1. The summed E-state index contributed by atoms with van der Waals surface area (Å²) >= 11 is 0. The lowest BCUT2D eigenvalue weighted by molar-refractivity contribution is -0.139. The number of hydrogen-bond acceptors (Lipinski definition) is 6. The lowest BCUT2D eigenvalue weighted by Crippen LogP contribution is -2.46. The number of methoxy groups -OCH3 is 2. The molecule has 1 aliphatic heterocycles. The Labute approximate surface area is 200 Å².